The van der Waals surface area contributed by atoms with E-state index < -0.39 is 15.1 Å². The number of hydrogen-bond donors (Lipinski definition) is 0. The summed E-state index contributed by atoms with van der Waals surface area (Å²) in [7, 11) is -3.99. The summed E-state index contributed by atoms with van der Waals surface area (Å²) in [5, 5.41) is 9.37. The van der Waals surface area contributed by atoms with E-state index in [1.165, 1.54) is 4.31 Å². The van der Waals surface area contributed by atoms with E-state index in [9.17, 15) is 13.7 Å². The Morgan fingerprint density at radius 2 is 1.84 bits per heavy atom. The molecule has 1 aliphatic rings. The first kappa shape index (κ1) is 17.9. The fraction of sp³-hybridized carbons (Fsp3) is 0.375. The molecular formula is C16H16ClN3O4S. The highest BCUT2D eigenvalue weighted by Gasteiger charge is 2.37. The number of nitrogens with zero attached hydrogens (tertiary/aromatic N) is 3. The molecule has 3 rings (SSSR count). The zero-order chi connectivity index (χ0) is 18.2. The SMILES string of the molecule is CC1CN(S(=O)(=O)c2oc(-c3ccc(Cl)cc3)nc2C#N)CC(C)O1. The highest BCUT2D eigenvalue weighted by Crippen LogP contribution is 2.29. The predicted molar refractivity (Wildman–Crippen MR) is 90.4 cm³/mol. The van der Waals surface area contributed by atoms with Crippen molar-refractivity contribution in [2.24, 2.45) is 0 Å². The largest absolute Gasteiger partial charge is 0.422 e. The van der Waals surface area contributed by atoms with Crippen molar-refractivity contribution < 1.29 is 17.6 Å². The number of rotatable bonds is 3. The van der Waals surface area contributed by atoms with Crippen molar-refractivity contribution in [3.8, 4) is 17.5 Å². The van der Waals surface area contributed by atoms with E-state index in [0.29, 0.717) is 10.6 Å². The molecule has 25 heavy (non-hydrogen) atoms. The molecule has 0 bridgehead atoms. The van der Waals surface area contributed by atoms with E-state index in [4.69, 9.17) is 20.8 Å². The molecule has 0 spiro atoms. The first-order chi connectivity index (χ1) is 11.8. The normalized spacial score (nSPS) is 21.8. The van der Waals surface area contributed by atoms with Crippen LogP contribution in [0.1, 0.15) is 19.5 Å². The van der Waals surface area contributed by atoms with Gasteiger partial charge in [-0.25, -0.2) is 8.42 Å². The lowest BCUT2D eigenvalue weighted by atomic mass is 10.2. The third-order valence-corrected chi connectivity index (χ3v) is 5.73. The Morgan fingerprint density at radius 1 is 1.24 bits per heavy atom. The summed E-state index contributed by atoms with van der Waals surface area (Å²) < 4.78 is 38.1. The molecule has 7 nitrogen and oxygen atoms in total. The van der Waals surface area contributed by atoms with Crippen molar-refractivity contribution in [3.63, 3.8) is 0 Å². The second kappa shape index (κ2) is 6.77. The molecule has 2 atom stereocenters. The molecule has 9 heteroatoms. The molecule has 0 saturated carbocycles. The van der Waals surface area contributed by atoms with E-state index >= 15 is 0 Å². The maximum absolute atomic E-state index is 12.9. The van der Waals surface area contributed by atoms with Crippen LogP contribution in [-0.2, 0) is 14.8 Å². The third-order valence-electron chi connectivity index (χ3n) is 3.75. The van der Waals surface area contributed by atoms with E-state index in [0.717, 1.165) is 0 Å². The fourth-order valence-electron chi connectivity index (χ4n) is 2.71. The first-order valence-corrected chi connectivity index (χ1v) is 9.45. The number of morpholine rings is 1. The quantitative estimate of drug-likeness (QED) is 0.810. The summed E-state index contributed by atoms with van der Waals surface area (Å²) in [6.07, 6.45) is -0.495. The van der Waals surface area contributed by atoms with Crippen molar-refractivity contribution in [2.75, 3.05) is 13.1 Å². The Kier molecular flexibility index (Phi) is 4.84. The molecule has 1 saturated heterocycles. The summed E-state index contributed by atoms with van der Waals surface area (Å²) in [6.45, 7) is 3.97. The summed E-state index contributed by atoms with van der Waals surface area (Å²) >= 11 is 5.85. The van der Waals surface area contributed by atoms with Crippen LogP contribution in [-0.4, -0.2) is 43.0 Å². The van der Waals surface area contributed by atoms with E-state index in [2.05, 4.69) is 4.98 Å². The summed E-state index contributed by atoms with van der Waals surface area (Å²) in [5.74, 6) is 0.0566. The Morgan fingerprint density at radius 3 is 2.40 bits per heavy atom. The van der Waals surface area contributed by atoms with E-state index in [1.807, 2.05) is 0 Å². The molecule has 0 N–H and O–H groups in total. The summed E-state index contributed by atoms with van der Waals surface area (Å²) in [4.78, 5) is 4.02. The molecule has 1 aliphatic heterocycles. The predicted octanol–water partition coefficient (Wildman–Crippen LogP) is 2.66. The van der Waals surface area contributed by atoms with Gasteiger partial charge in [-0.1, -0.05) is 11.6 Å². The zero-order valence-corrected chi connectivity index (χ0v) is 15.2. The topological polar surface area (TPSA) is 96.4 Å². The highest BCUT2D eigenvalue weighted by molar-refractivity contribution is 7.89. The van der Waals surface area contributed by atoms with Gasteiger partial charge in [0.15, 0.2) is 5.69 Å². The van der Waals surface area contributed by atoms with Gasteiger partial charge in [0, 0.05) is 23.7 Å². The monoisotopic (exact) mass is 381 g/mol. The number of ether oxygens (including phenoxy) is 1. The minimum absolute atomic E-state index is 0.0566. The molecule has 2 aromatic rings. The standard InChI is InChI=1S/C16H16ClN3O4S/c1-10-8-20(9-11(2)23-10)25(21,22)16-14(7-18)19-15(24-16)12-3-5-13(17)6-4-12/h3-6,10-11H,8-9H2,1-2H3. The lowest BCUT2D eigenvalue weighted by molar-refractivity contribution is -0.0443. The summed E-state index contributed by atoms with van der Waals surface area (Å²) in [6, 6.07) is 8.35. The van der Waals surface area contributed by atoms with Crippen LogP contribution in [0, 0.1) is 11.3 Å². The molecule has 2 heterocycles. The maximum Gasteiger partial charge on any atom is 0.279 e. The van der Waals surface area contributed by atoms with Crippen LogP contribution in [0.15, 0.2) is 33.8 Å². The van der Waals surface area contributed by atoms with Gasteiger partial charge in [0.05, 0.1) is 12.2 Å². The van der Waals surface area contributed by atoms with Crippen LogP contribution in [0.4, 0.5) is 0 Å². The molecule has 2 unspecified atom stereocenters. The zero-order valence-electron chi connectivity index (χ0n) is 13.6. The van der Waals surface area contributed by atoms with Gasteiger partial charge in [0.2, 0.25) is 5.89 Å². The Bertz CT molecular complexity index is 908. The molecule has 132 valence electrons. The van der Waals surface area contributed by atoms with Gasteiger partial charge < -0.3 is 9.15 Å². The lowest BCUT2D eigenvalue weighted by Crippen LogP contribution is -2.48. The molecule has 0 amide bonds. The van der Waals surface area contributed by atoms with Gasteiger partial charge in [0.1, 0.15) is 6.07 Å². The number of halogens is 1. The Hall–Kier alpha value is -1.92. The smallest absolute Gasteiger partial charge is 0.279 e. The molecule has 1 aromatic heterocycles. The molecule has 0 radical (unpaired) electrons. The summed E-state index contributed by atoms with van der Waals surface area (Å²) in [5.41, 5.74) is 0.266. The minimum Gasteiger partial charge on any atom is -0.422 e. The van der Waals surface area contributed by atoms with Gasteiger partial charge in [-0.3, -0.25) is 0 Å². The first-order valence-electron chi connectivity index (χ1n) is 7.63. The van der Waals surface area contributed by atoms with Crippen LogP contribution < -0.4 is 0 Å². The average molecular weight is 382 g/mol. The lowest BCUT2D eigenvalue weighted by Gasteiger charge is -2.33. The van der Waals surface area contributed by atoms with Gasteiger partial charge in [-0.05, 0) is 38.1 Å². The van der Waals surface area contributed by atoms with Gasteiger partial charge >= 0.3 is 0 Å². The van der Waals surface area contributed by atoms with Crippen LogP contribution >= 0.6 is 11.6 Å². The molecule has 1 aromatic carbocycles. The van der Waals surface area contributed by atoms with E-state index in [1.54, 1.807) is 44.2 Å². The van der Waals surface area contributed by atoms with E-state index in [-0.39, 0.29) is 36.9 Å². The van der Waals surface area contributed by atoms with Gasteiger partial charge in [0.25, 0.3) is 15.1 Å². The van der Waals surface area contributed by atoms with Crippen LogP contribution in [0.2, 0.25) is 5.02 Å². The van der Waals surface area contributed by atoms with Crippen LogP contribution in [0.5, 0.6) is 0 Å². The molecular weight excluding hydrogens is 366 g/mol. The van der Waals surface area contributed by atoms with Crippen molar-refractivity contribution in [2.45, 2.75) is 31.1 Å². The average Bonchev–Trinajstić information content (AvgIpc) is 3.00. The van der Waals surface area contributed by atoms with Crippen molar-refractivity contribution >= 4 is 21.6 Å². The number of sulfonamides is 1. The Balaban J connectivity index is 2.01. The Labute approximate surface area is 150 Å². The third kappa shape index (κ3) is 3.55. The van der Waals surface area contributed by atoms with Gasteiger partial charge in [-0.15, -0.1) is 0 Å². The van der Waals surface area contributed by atoms with Crippen molar-refractivity contribution in [3.05, 3.63) is 35.0 Å². The number of oxazole rings is 1. The van der Waals surface area contributed by atoms with Crippen molar-refractivity contribution in [1.82, 2.24) is 9.29 Å². The van der Waals surface area contributed by atoms with Crippen LogP contribution in [0.25, 0.3) is 11.5 Å². The second-order valence-electron chi connectivity index (χ2n) is 5.85. The molecule has 1 fully saturated rings. The van der Waals surface area contributed by atoms with Crippen molar-refractivity contribution in [1.29, 1.82) is 5.26 Å². The maximum atomic E-state index is 12.9. The fourth-order valence-corrected chi connectivity index (χ4v) is 4.40. The minimum atomic E-state index is -3.99. The highest BCUT2D eigenvalue weighted by atomic mass is 35.5. The number of hydrogen-bond acceptors (Lipinski definition) is 6. The number of aromatic nitrogens is 1. The molecule has 0 aliphatic carbocycles. The van der Waals surface area contributed by atoms with Gasteiger partial charge in [-0.2, -0.15) is 14.6 Å². The number of benzene rings is 1. The van der Waals surface area contributed by atoms with Crippen LogP contribution in [0.3, 0.4) is 0 Å². The second-order valence-corrected chi connectivity index (χ2v) is 8.13. The number of nitriles is 1.